The maximum absolute atomic E-state index is 14.6. The Morgan fingerprint density at radius 3 is 2.13 bits per heavy atom. The zero-order valence-corrected chi connectivity index (χ0v) is 28.0. The number of ether oxygens (including phenoxy) is 1. The van der Waals surface area contributed by atoms with E-state index in [-0.39, 0.29) is 35.5 Å². The topological polar surface area (TPSA) is 96.0 Å². The van der Waals surface area contributed by atoms with Crippen molar-refractivity contribution in [1.29, 1.82) is 0 Å². The quantitative estimate of drug-likeness (QED) is 0.162. The van der Waals surface area contributed by atoms with Crippen molar-refractivity contribution in [2.75, 3.05) is 17.5 Å². The van der Waals surface area contributed by atoms with Crippen LogP contribution in [0.5, 0.6) is 5.75 Å². The van der Waals surface area contributed by atoms with Crippen LogP contribution in [0.25, 0.3) is 0 Å². The van der Waals surface area contributed by atoms with Gasteiger partial charge in [-0.2, -0.15) is 0 Å². The van der Waals surface area contributed by atoms with Gasteiger partial charge in [-0.15, -0.1) is 0 Å². The monoisotopic (exact) mass is 659 g/mol. The SMILES string of the molecule is CCOc1ccc(S(=O)(=O)N(CC(=O)N(Cc2ccccc2C)[C@H](Cc2ccccc2)C(=O)N[C@H](C)CC)c2ccc(F)cc2)cc1. The highest BCUT2D eigenvalue weighted by atomic mass is 32.2. The predicted molar refractivity (Wildman–Crippen MR) is 182 cm³/mol. The minimum Gasteiger partial charge on any atom is -0.494 e. The van der Waals surface area contributed by atoms with Crippen molar-refractivity contribution in [3.8, 4) is 5.75 Å². The molecule has 0 aromatic heterocycles. The van der Waals surface area contributed by atoms with Gasteiger partial charge in [0, 0.05) is 19.0 Å². The summed E-state index contributed by atoms with van der Waals surface area (Å²) in [7, 11) is -4.33. The summed E-state index contributed by atoms with van der Waals surface area (Å²) >= 11 is 0. The van der Waals surface area contributed by atoms with Gasteiger partial charge in [0.15, 0.2) is 0 Å². The number of hydrogen-bond donors (Lipinski definition) is 1. The van der Waals surface area contributed by atoms with Crippen molar-refractivity contribution in [2.45, 2.75) is 64.1 Å². The molecule has 4 aromatic carbocycles. The van der Waals surface area contributed by atoms with Crippen LogP contribution in [0.15, 0.2) is 108 Å². The number of rotatable bonds is 15. The molecule has 0 aliphatic heterocycles. The maximum atomic E-state index is 14.6. The van der Waals surface area contributed by atoms with Crippen LogP contribution in [0.4, 0.5) is 10.1 Å². The molecule has 47 heavy (non-hydrogen) atoms. The van der Waals surface area contributed by atoms with Gasteiger partial charge in [0.25, 0.3) is 10.0 Å². The van der Waals surface area contributed by atoms with Crippen LogP contribution in [-0.2, 0) is 32.6 Å². The van der Waals surface area contributed by atoms with E-state index in [1.54, 1.807) is 12.1 Å². The highest BCUT2D eigenvalue weighted by Crippen LogP contribution is 2.27. The molecule has 0 heterocycles. The summed E-state index contributed by atoms with van der Waals surface area (Å²) in [6.45, 7) is 7.44. The van der Waals surface area contributed by atoms with E-state index in [1.807, 2.05) is 82.3 Å². The Balaban J connectivity index is 1.80. The predicted octanol–water partition coefficient (Wildman–Crippen LogP) is 6.28. The van der Waals surface area contributed by atoms with Crippen molar-refractivity contribution in [2.24, 2.45) is 0 Å². The molecule has 10 heteroatoms. The number of nitrogens with one attached hydrogen (secondary N) is 1. The van der Waals surface area contributed by atoms with Gasteiger partial charge in [-0.3, -0.25) is 13.9 Å². The highest BCUT2D eigenvalue weighted by molar-refractivity contribution is 7.92. The third kappa shape index (κ3) is 9.19. The summed E-state index contributed by atoms with van der Waals surface area (Å²) in [6.07, 6.45) is 0.900. The lowest BCUT2D eigenvalue weighted by atomic mass is 10.0. The zero-order chi connectivity index (χ0) is 34.0. The molecule has 0 bridgehead atoms. The summed E-state index contributed by atoms with van der Waals surface area (Å²) in [5.41, 5.74) is 2.69. The molecule has 0 aliphatic rings. The molecule has 0 saturated heterocycles. The van der Waals surface area contributed by atoms with Gasteiger partial charge >= 0.3 is 0 Å². The molecule has 0 fully saturated rings. The summed E-state index contributed by atoms with van der Waals surface area (Å²) in [5, 5.41) is 3.03. The molecule has 248 valence electrons. The van der Waals surface area contributed by atoms with Crippen LogP contribution in [0.2, 0.25) is 0 Å². The number of nitrogens with zero attached hydrogens (tertiary/aromatic N) is 2. The van der Waals surface area contributed by atoms with Crippen LogP contribution < -0.4 is 14.4 Å². The minimum absolute atomic E-state index is 0.0668. The average Bonchev–Trinajstić information content (AvgIpc) is 3.07. The fourth-order valence-electron chi connectivity index (χ4n) is 5.10. The maximum Gasteiger partial charge on any atom is 0.264 e. The number of benzene rings is 4. The molecule has 4 rings (SSSR count). The third-order valence-electron chi connectivity index (χ3n) is 7.99. The molecular weight excluding hydrogens is 617 g/mol. The van der Waals surface area contributed by atoms with Crippen molar-refractivity contribution in [3.63, 3.8) is 0 Å². The number of anilines is 1. The molecule has 0 aliphatic carbocycles. The molecule has 0 radical (unpaired) electrons. The number of aryl methyl sites for hydroxylation is 1. The van der Waals surface area contributed by atoms with Crippen molar-refractivity contribution in [1.82, 2.24) is 10.2 Å². The Kier molecular flexibility index (Phi) is 12.1. The van der Waals surface area contributed by atoms with Crippen molar-refractivity contribution < 1.29 is 27.1 Å². The van der Waals surface area contributed by atoms with Gasteiger partial charge in [0.05, 0.1) is 17.2 Å². The Morgan fingerprint density at radius 1 is 0.872 bits per heavy atom. The van der Waals surface area contributed by atoms with Crippen molar-refractivity contribution >= 4 is 27.5 Å². The van der Waals surface area contributed by atoms with E-state index < -0.39 is 34.3 Å². The van der Waals surface area contributed by atoms with Gasteiger partial charge in [0.1, 0.15) is 24.2 Å². The molecular formula is C37H42FN3O5S. The van der Waals surface area contributed by atoms with E-state index in [2.05, 4.69) is 5.32 Å². The van der Waals surface area contributed by atoms with Crippen LogP contribution in [-0.4, -0.2) is 50.4 Å². The van der Waals surface area contributed by atoms with Gasteiger partial charge < -0.3 is 15.0 Å². The molecule has 2 atom stereocenters. The normalized spacial score (nSPS) is 12.5. The smallest absolute Gasteiger partial charge is 0.264 e. The van der Waals surface area contributed by atoms with Gasteiger partial charge in [-0.05, 0) is 92.4 Å². The van der Waals surface area contributed by atoms with Gasteiger partial charge in [-0.25, -0.2) is 12.8 Å². The molecule has 0 unspecified atom stereocenters. The second-order valence-corrected chi connectivity index (χ2v) is 13.2. The van der Waals surface area contributed by atoms with E-state index in [1.165, 1.54) is 29.2 Å². The number of sulfonamides is 1. The highest BCUT2D eigenvalue weighted by Gasteiger charge is 2.35. The fourth-order valence-corrected chi connectivity index (χ4v) is 6.52. The number of carbonyl (C=O) groups is 2. The first-order valence-electron chi connectivity index (χ1n) is 15.7. The number of hydrogen-bond acceptors (Lipinski definition) is 5. The number of halogens is 1. The van der Waals surface area contributed by atoms with Crippen LogP contribution >= 0.6 is 0 Å². The fraction of sp³-hybridized carbons (Fsp3) is 0.297. The Bertz CT molecular complexity index is 1730. The summed E-state index contributed by atoms with van der Waals surface area (Å²) in [4.78, 5) is 29.9. The molecule has 0 spiro atoms. The molecule has 0 saturated carbocycles. The molecule has 4 aromatic rings. The second-order valence-electron chi connectivity index (χ2n) is 11.4. The average molecular weight is 660 g/mol. The largest absolute Gasteiger partial charge is 0.494 e. The van der Waals surface area contributed by atoms with E-state index in [0.29, 0.717) is 18.8 Å². The first-order chi connectivity index (χ1) is 22.5. The van der Waals surface area contributed by atoms with E-state index in [4.69, 9.17) is 4.74 Å². The zero-order valence-electron chi connectivity index (χ0n) is 27.2. The first-order valence-corrected chi connectivity index (χ1v) is 17.2. The lowest BCUT2D eigenvalue weighted by Gasteiger charge is -2.34. The first kappa shape index (κ1) is 35.2. The number of carbonyl (C=O) groups excluding carboxylic acids is 2. The van der Waals surface area contributed by atoms with E-state index in [9.17, 15) is 22.4 Å². The van der Waals surface area contributed by atoms with Crippen molar-refractivity contribution in [3.05, 3.63) is 126 Å². The molecule has 2 amide bonds. The number of amides is 2. The van der Waals surface area contributed by atoms with E-state index >= 15 is 0 Å². The van der Waals surface area contributed by atoms with Gasteiger partial charge in [-0.1, -0.05) is 61.5 Å². The molecule has 1 N–H and O–H groups in total. The van der Waals surface area contributed by atoms with Crippen LogP contribution in [0.1, 0.15) is 43.9 Å². The van der Waals surface area contributed by atoms with Crippen LogP contribution in [0, 0.1) is 12.7 Å². The lowest BCUT2D eigenvalue weighted by molar-refractivity contribution is -0.140. The summed E-state index contributed by atoms with van der Waals surface area (Å²) < 4.78 is 48.8. The third-order valence-corrected chi connectivity index (χ3v) is 9.78. The molecule has 8 nitrogen and oxygen atoms in total. The standard InChI is InChI=1S/C37H42FN3O5S/c1-5-28(4)39-37(43)35(24-29-13-8-7-9-14-29)40(25-30-15-11-10-12-27(30)3)36(42)26-41(32-18-16-31(38)17-19-32)47(44,45)34-22-20-33(21-23-34)46-6-2/h7-23,28,35H,5-6,24-26H2,1-4H3,(H,39,43)/t28-,35-/m1/s1. The summed E-state index contributed by atoms with van der Waals surface area (Å²) in [5.74, 6) is -0.985. The summed E-state index contributed by atoms with van der Waals surface area (Å²) in [6, 6.07) is 26.7. The van der Waals surface area contributed by atoms with Crippen LogP contribution in [0.3, 0.4) is 0 Å². The Labute approximate surface area is 277 Å². The second kappa shape index (κ2) is 16.2. The lowest BCUT2D eigenvalue weighted by Crippen LogP contribution is -2.54. The Hall–Kier alpha value is -4.70. The minimum atomic E-state index is -4.33. The van der Waals surface area contributed by atoms with Gasteiger partial charge in [0.2, 0.25) is 11.8 Å². The van der Waals surface area contributed by atoms with E-state index in [0.717, 1.165) is 33.1 Å². The Morgan fingerprint density at radius 2 is 1.51 bits per heavy atom.